The van der Waals surface area contributed by atoms with Gasteiger partial charge in [-0.2, -0.15) is 13.2 Å². The van der Waals surface area contributed by atoms with Gasteiger partial charge in [-0.1, -0.05) is 0 Å². The Morgan fingerprint density at radius 2 is 2.14 bits per heavy atom. The third kappa shape index (κ3) is 3.32. The quantitative estimate of drug-likeness (QED) is 0.929. The van der Waals surface area contributed by atoms with Crippen LogP contribution in [0.1, 0.15) is 35.3 Å². The molecule has 0 aliphatic carbocycles. The summed E-state index contributed by atoms with van der Waals surface area (Å²) in [5.74, 6) is -1.96. The molecular weight excluding hydrogens is 289 g/mol. The van der Waals surface area contributed by atoms with E-state index >= 15 is 0 Å². The van der Waals surface area contributed by atoms with E-state index in [4.69, 9.17) is 5.11 Å². The molecule has 1 amide bonds. The summed E-state index contributed by atoms with van der Waals surface area (Å²) >= 11 is 0. The minimum absolute atomic E-state index is 0.241. The molecule has 1 saturated heterocycles. The summed E-state index contributed by atoms with van der Waals surface area (Å²) in [5.41, 5.74) is -1.78. The number of likely N-dealkylation sites (tertiary alicyclic amines) is 1. The second-order valence-electron chi connectivity index (χ2n) is 4.79. The van der Waals surface area contributed by atoms with Crippen LogP contribution in [0.25, 0.3) is 0 Å². The number of carbonyl (C=O) groups excluding carboxylic acids is 1. The van der Waals surface area contributed by atoms with E-state index in [2.05, 4.69) is 4.98 Å². The van der Waals surface area contributed by atoms with Crippen LogP contribution < -0.4 is 0 Å². The van der Waals surface area contributed by atoms with Crippen molar-refractivity contribution < 1.29 is 27.9 Å². The summed E-state index contributed by atoms with van der Waals surface area (Å²) in [6.45, 7) is 0.241. The topological polar surface area (TPSA) is 70.5 Å². The molecule has 1 unspecified atom stereocenters. The Balaban J connectivity index is 2.30. The fourth-order valence-corrected chi connectivity index (χ4v) is 2.46. The second-order valence-corrected chi connectivity index (χ2v) is 4.79. The van der Waals surface area contributed by atoms with E-state index in [0.29, 0.717) is 12.8 Å². The van der Waals surface area contributed by atoms with Gasteiger partial charge in [0.2, 0.25) is 0 Å². The van der Waals surface area contributed by atoms with Crippen LogP contribution in [0, 0.1) is 0 Å². The highest BCUT2D eigenvalue weighted by Gasteiger charge is 2.39. The third-order valence-electron chi connectivity index (χ3n) is 3.36. The SMILES string of the molecule is O=C(O)CC1CCCN1C(=O)c1ncccc1C(F)(F)F. The Morgan fingerprint density at radius 1 is 1.43 bits per heavy atom. The van der Waals surface area contributed by atoms with Gasteiger partial charge in [-0.15, -0.1) is 0 Å². The minimum Gasteiger partial charge on any atom is -0.481 e. The number of rotatable bonds is 3. The number of carboxylic acid groups (broad SMARTS) is 1. The number of aromatic nitrogens is 1. The first-order chi connectivity index (χ1) is 9.80. The number of halogens is 3. The van der Waals surface area contributed by atoms with Crippen LogP contribution >= 0.6 is 0 Å². The van der Waals surface area contributed by atoms with Crippen LogP contribution in [0.2, 0.25) is 0 Å². The Bertz CT molecular complexity index is 560. The lowest BCUT2D eigenvalue weighted by molar-refractivity contribution is -0.139. The average Bonchev–Trinajstić information content (AvgIpc) is 2.84. The number of hydrogen-bond donors (Lipinski definition) is 1. The smallest absolute Gasteiger partial charge is 0.418 e. The first kappa shape index (κ1) is 15.3. The molecule has 0 spiro atoms. The molecule has 1 aliphatic rings. The third-order valence-corrected chi connectivity index (χ3v) is 3.36. The first-order valence-electron chi connectivity index (χ1n) is 6.35. The van der Waals surface area contributed by atoms with Crippen molar-refractivity contribution in [2.24, 2.45) is 0 Å². The summed E-state index contributed by atoms with van der Waals surface area (Å²) in [7, 11) is 0. The lowest BCUT2D eigenvalue weighted by atomic mass is 10.1. The maximum atomic E-state index is 12.9. The number of carbonyl (C=O) groups is 2. The van der Waals surface area contributed by atoms with E-state index < -0.39 is 35.4 Å². The summed E-state index contributed by atoms with van der Waals surface area (Å²) in [5, 5.41) is 8.79. The number of hydrogen-bond acceptors (Lipinski definition) is 3. The molecule has 1 aromatic rings. The highest BCUT2D eigenvalue weighted by molar-refractivity contribution is 5.94. The van der Waals surface area contributed by atoms with Crippen LogP contribution in [0.15, 0.2) is 18.3 Å². The molecule has 1 aromatic heterocycles. The first-order valence-corrected chi connectivity index (χ1v) is 6.35. The highest BCUT2D eigenvalue weighted by Crippen LogP contribution is 2.32. The molecule has 8 heteroatoms. The standard InChI is InChI=1S/C13H13F3N2O3/c14-13(15,16)9-4-1-5-17-11(9)12(21)18-6-2-3-8(18)7-10(19)20/h1,4-5,8H,2-3,6-7H2,(H,19,20). The summed E-state index contributed by atoms with van der Waals surface area (Å²) in [6.07, 6.45) is -2.81. The molecule has 1 fully saturated rings. The molecule has 0 aromatic carbocycles. The Morgan fingerprint density at radius 3 is 2.76 bits per heavy atom. The zero-order chi connectivity index (χ0) is 15.6. The van der Waals surface area contributed by atoms with E-state index in [9.17, 15) is 22.8 Å². The van der Waals surface area contributed by atoms with E-state index in [1.165, 1.54) is 4.90 Å². The monoisotopic (exact) mass is 302 g/mol. The fraction of sp³-hybridized carbons (Fsp3) is 0.462. The van der Waals surface area contributed by atoms with Crippen molar-refractivity contribution in [1.29, 1.82) is 0 Å². The van der Waals surface area contributed by atoms with E-state index in [0.717, 1.165) is 18.3 Å². The molecule has 0 radical (unpaired) electrons. The number of carboxylic acids is 1. The van der Waals surface area contributed by atoms with Crippen molar-refractivity contribution in [2.45, 2.75) is 31.5 Å². The van der Waals surface area contributed by atoms with E-state index in [1.54, 1.807) is 0 Å². The Kier molecular flexibility index (Phi) is 4.15. The predicted molar refractivity (Wildman–Crippen MR) is 65.6 cm³/mol. The Labute approximate surface area is 118 Å². The van der Waals surface area contributed by atoms with Crippen LogP contribution in [0.4, 0.5) is 13.2 Å². The molecule has 0 saturated carbocycles. The average molecular weight is 302 g/mol. The minimum atomic E-state index is -4.68. The van der Waals surface area contributed by atoms with E-state index in [1.807, 2.05) is 0 Å². The number of pyridine rings is 1. The van der Waals surface area contributed by atoms with Crippen molar-refractivity contribution in [3.8, 4) is 0 Å². The van der Waals surface area contributed by atoms with Crippen LogP contribution in [-0.2, 0) is 11.0 Å². The summed E-state index contributed by atoms with van der Waals surface area (Å²) < 4.78 is 38.7. The lowest BCUT2D eigenvalue weighted by Crippen LogP contribution is -2.38. The van der Waals surface area contributed by atoms with Gasteiger partial charge in [-0.05, 0) is 25.0 Å². The molecule has 1 N–H and O–H groups in total. The van der Waals surface area contributed by atoms with Crippen molar-refractivity contribution in [3.63, 3.8) is 0 Å². The van der Waals surface area contributed by atoms with Gasteiger partial charge in [-0.25, -0.2) is 0 Å². The van der Waals surface area contributed by atoms with Crippen molar-refractivity contribution in [2.75, 3.05) is 6.54 Å². The maximum absolute atomic E-state index is 12.9. The summed E-state index contributed by atoms with van der Waals surface area (Å²) in [4.78, 5) is 27.7. The largest absolute Gasteiger partial charge is 0.481 e. The molecule has 5 nitrogen and oxygen atoms in total. The zero-order valence-corrected chi connectivity index (χ0v) is 10.9. The highest BCUT2D eigenvalue weighted by atomic mass is 19.4. The molecule has 114 valence electrons. The molecular formula is C13H13F3N2O3. The van der Waals surface area contributed by atoms with Gasteiger partial charge in [-0.3, -0.25) is 14.6 Å². The lowest BCUT2D eigenvalue weighted by Gasteiger charge is -2.24. The maximum Gasteiger partial charge on any atom is 0.418 e. The molecule has 2 rings (SSSR count). The van der Waals surface area contributed by atoms with Crippen LogP contribution in [0.5, 0.6) is 0 Å². The molecule has 1 aliphatic heterocycles. The fourth-order valence-electron chi connectivity index (χ4n) is 2.46. The molecule has 0 bridgehead atoms. The Hall–Kier alpha value is -2.12. The normalized spacial score (nSPS) is 18.8. The zero-order valence-electron chi connectivity index (χ0n) is 10.9. The van der Waals surface area contributed by atoms with Gasteiger partial charge < -0.3 is 10.0 Å². The van der Waals surface area contributed by atoms with Gasteiger partial charge >= 0.3 is 12.1 Å². The number of amides is 1. The second kappa shape index (κ2) is 5.71. The number of nitrogens with zero attached hydrogens (tertiary/aromatic N) is 2. The predicted octanol–water partition coefficient (Wildman–Crippen LogP) is 2.18. The summed E-state index contributed by atoms with van der Waals surface area (Å²) in [6, 6.07) is 1.32. The van der Waals surface area contributed by atoms with Gasteiger partial charge in [0.15, 0.2) is 0 Å². The van der Waals surface area contributed by atoms with Gasteiger partial charge in [0.1, 0.15) is 5.69 Å². The molecule has 1 atom stereocenters. The van der Waals surface area contributed by atoms with Gasteiger partial charge in [0.25, 0.3) is 5.91 Å². The molecule has 2 heterocycles. The van der Waals surface area contributed by atoms with Crippen molar-refractivity contribution in [1.82, 2.24) is 9.88 Å². The van der Waals surface area contributed by atoms with Crippen molar-refractivity contribution in [3.05, 3.63) is 29.6 Å². The van der Waals surface area contributed by atoms with Crippen LogP contribution in [0.3, 0.4) is 0 Å². The van der Waals surface area contributed by atoms with Crippen molar-refractivity contribution >= 4 is 11.9 Å². The number of aliphatic carboxylic acids is 1. The number of alkyl halides is 3. The van der Waals surface area contributed by atoms with Gasteiger partial charge in [0.05, 0.1) is 12.0 Å². The molecule has 21 heavy (non-hydrogen) atoms. The van der Waals surface area contributed by atoms with E-state index in [-0.39, 0.29) is 13.0 Å². The van der Waals surface area contributed by atoms with Gasteiger partial charge in [0, 0.05) is 18.8 Å². The van der Waals surface area contributed by atoms with Crippen LogP contribution in [-0.4, -0.2) is 39.5 Å².